The second-order valence-electron chi connectivity index (χ2n) is 7.42. The third-order valence-electron chi connectivity index (χ3n) is 5.19. The fourth-order valence-electron chi connectivity index (χ4n) is 3.56. The molecule has 1 saturated heterocycles. The number of ether oxygens (including phenoxy) is 1. The molecule has 29 heavy (non-hydrogen) atoms. The molecule has 1 aromatic heterocycles. The van der Waals surface area contributed by atoms with Gasteiger partial charge in [-0.15, -0.1) is 11.3 Å². The van der Waals surface area contributed by atoms with Crippen molar-refractivity contribution in [1.82, 2.24) is 10.2 Å². The average Bonchev–Trinajstić information content (AvgIpc) is 3.24. The number of hydrogen-bond acceptors (Lipinski definition) is 4. The van der Waals surface area contributed by atoms with Crippen LogP contribution in [0.15, 0.2) is 60.0 Å². The fraction of sp³-hybridized carbons (Fsp3) is 0.292. The van der Waals surface area contributed by atoms with Crippen LogP contribution in [0.3, 0.4) is 0 Å². The normalized spacial score (nSPS) is 14.7. The van der Waals surface area contributed by atoms with E-state index in [9.17, 15) is 4.79 Å². The van der Waals surface area contributed by atoms with E-state index in [0.717, 1.165) is 54.4 Å². The number of rotatable bonds is 6. The van der Waals surface area contributed by atoms with Crippen molar-refractivity contribution in [3.05, 3.63) is 81.5 Å². The highest BCUT2D eigenvalue weighted by molar-refractivity contribution is 7.12. The van der Waals surface area contributed by atoms with Crippen molar-refractivity contribution in [2.75, 3.05) is 26.3 Å². The van der Waals surface area contributed by atoms with Crippen LogP contribution < -0.4 is 5.32 Å². The summed E-state index contributed by atoms with van der Waals surface area (Å²) in [5, 5.41) is 5.07. The lowest BCUT2D eigenvalue weighted by Crippen LogP contribution is -2.35. The van der Waals surface area contributed by atoms with Crippen molar-refractivity contribution >= 4 is 17.2 Å². The lowest BCUT2D eigenvalue weighted by atomic mass is 10.0. The third kappa shape index (κ3) is 5.12. The quantitative estimate of drug-likeness (QED) is 0.656. The van der Waals surface area contributed by atoms with Crippen LogP contribution in [-0.2, 0) is 17.8 Å². The van der Waals surface area contributed by atoms with Crippen LogP contribution >= 0.6 is 11.3 Å². The Morgan fingerprint density at radius 2 is 1.83 bits per heavy atom. The molecular formula is C24H26N2O2S. The molecule has 0 saturated carbocycles. The summed E-state index contributed by atoms with van der Waals surface area (Å²) >= 11 is 1.49. The van der Waals surface area contributed by atoms with E-state index < -0.39 is 0 Å². The highest BCUT2D eigenvalue weighted by Gasteiger charge is 2.15. The molecule has 0 atom stereocenters. The number of thiophene rings is 1. The van der Waals surface area contributed by atoms with Crippen molar-refractivity contribution in [1.29, 1.82) is 0 Å². The molecule has 1 fully saturated rings. The van der Waals surface area contributed by atoms with Crippen molar-refractivity contribution in [3.63, 3.8) is 0 Å². The highest BCUT2D eigenvalue weighted by atomic mass is 32.1. The van der Waals surface area contributed by atoms with E-state index in [-0.39, 0.29) is 5.91 Å². The Hall–Kier alpha value is -2.47. The molecule has 0 unspecified atom stereocenters. The molecule has 2 aromatic carbocycles. The van der Waals surface area contributed by atoms with Crippen LogP contribution in [0, 0.1) is 6.92 Å². The molecule has 0 spiro atoms. The van der Waals surface area contributed by atoms with Crippen molar-refractivity contribution < 1.29 is 9.53 Å². The summed E-state index contributed by atoms with van der Waals surface area (Å²) in [6.07, 6.45) is 0. The molecule has 1 amide bonds. The molecule has 4 nitrogen and oxygen atoms in total. The van der Waals surface area contributed by atoms with Gasteiger partial charge in [-0.25, -0.2) is 0 Å². The number of nitrogens with one attached hydrogen (secondary N) is 1. The number of hydrogen-bond donors (Lipinski definition) is 1. The molecular weight excluding hydrogens is 380 g/mol. The minimum atomic E-state index is -0.0193. The first-order valence-electron chi connectivity index (χ1n) is 10.00. The van der Waals surface area contributed by atoms with Gasteiger partial charge < -0.3 is 10.1 Å². The Balaban J connectivity index is 1.39. The zero-order chi connectivity index (χ0) is 20.1. The summed E-state index contributed by atoms with van der Waals surface area (Å²) in [4.78, 5) is 16.0. The van der Waals surface area contributed by atoms with Gasteiger partial charge in [0.1, 0.15) is 0 Å². The van der Waals surface area contributed by atoms with Crippen LogP contribution in [-0.4, -0.2) is 37.1 Å². The van der Waals surface area contributed by atoms with E-state index in [1.54, 1.807) is 0 Å². The maximum Gasteiger partial charge on any atom is 0.262 e. The number of carbonyl (C=O) groups excluding carboxylic acids is 1. The van der Waals surface area contributed by atoms with E-state index in [4.69, 9.17) is 4.74 Å². The summed E-state index contributed by atoms with van der Waals surface area (Å²) in [5.74, 6) is -0.0193. The second kappa shape index (κ2) is 9.35. The predicted molar refractivity (Wildman–Crippen MR) is 118 cm³/mol. The smallest absolute Gasteiger partial charge is 0.262 e. The predicted octanol–water partition coefficient (Wildman–Crippen LogP) is 4.49. The van der Waals surface area contributed by atoms with E-state index in [1.807, 2.05) is 11.4 Å². The topological polar surface area (TPSA) is 41.6 Å². The summed E-state index contributed by atoms with van der Waals surface area (Å²) in [7, 11) is 0. The number of aryl methyl sites for hydroxylation is 1. The summed E-state index contributed by atoms with van der Waals surface area (Å²) in [6.45, 7) is 7.08. The Morgan fingerprint density at radius 1 is 1.07 bits per heavy atom. The van der Waals surface area contributed by atoms with Gasteiger partial charge in [-0.05, 0) is 35.1 Å². The number of benzene rings is 2. The van der Waals surface area contributed by atoms with Gasteiger partial charge in [0, 0.05) is 31.7 Å². The maximum absolute atomic E-state index is 12.8. The summed E-state index contributed by atoms with van der Waals surface area (Å²) in [5.41, 5.74) is 5.68. The second-order valence-corrected chi connectivity index (χ2v) is 8.34. The van der Waals surface area contributed by atoms with E-state index >= 15 is 0 Å². The largest absolute Gasteiger partial charge is 0.379 e. The van der Waals surface area contributed by atoms with Gasteiger partial charge >= 0.3 is 0 Å². The van der Waals surface area contributed by atoms with E-state index in [1.165, 1.54) is 22.5 Å². The van der Waals surface area contributed by atoms with Crippen LogP contribution in [0.1, 0.15) is 26.4 Å². The van der Waals surface area contributed by atoms with Gasteiger partial charge in [-0.1, -0.05) is 54.1 Å². The molecule has 0 radical (unpaired) electrons. The Bertz CT molecular complexity index is 959. The SMILES string of the molecule is Cc1ccc(-c2ccsc2C(=O)NCc2cccc(CN3CCOCC3)c2)cc1. The fourth-order valence-corrected chi connectivity index (χ4v) is 4.40. The zero-order valence-corrected chi connectivity index (χ0v) is 17.5. The van der Waals surface area contributed by atoms with Crippen molar-refractivity contribution in [3.8, 4) is 11.1 Å². The van der Waals surface area contributed by atoms with Crippen LogP contribution in [0.25, 0.3) is 11.1 Å². The minimum Gasteiger partial charge on any atom is -0.379 e. The Kier molecular flexibility index (Phi) is 6.39. The molecule has 5 heteroatoms. The van der Waals surface area contributed by atoms with Gasteiger partial charge in [0.25, 0.3) is 5.91 Å². The lowest BCUT2D eigenvalue weighted by molar-refractivity contribution is 0.0342. The highest BCUT2D eigenvalue weighted by Crippen LogP contribution is 2.28. The molecule has 2 heterocycles. The van der Waals surface area contributed by atoms with Crippen LogP contribution in [0.4, 0.5) is 0 Å². The van der Waals surface area contributed by atoms with Gasteiger partial charge in [-0.3, -0.25) is 9.69 Å². The molecule has 150 valence electrons. The van der Waals surface area contributed by atoms with Crippen LogP contribution in [0.5, 0.6) is 0 Å². The number of morpholine rings is 1. The Labute approximate surface area is 176 Å². The molecule has 3 aromatic rings. The standard InChI is InChI=1S/C24H26N2O2S/c1-18-5-7-21(8-6-18)22-9-14-29-23(22)24(27)25-16-19-3-2-4-20(15-19)17-26-10-12-28-13-11-26/h2-9,14-15H,10-13,16-17H2,1H3,(H,25,27). The molecule has 4 rings (SSSR count). The first-order chi connectivity index (χ1) is 14.2. The number of carbonyl (C=O) groups is 1. The van der Waals surface area contributed by atoms with E-state index in [0.29, 0.717) is 6.54 Å². The molecule has 1 N–H and O–H groups in total. The lowest BCUT2D eigenvalue weighted by Gasteiger charge is -2.26. The van der Waals surface area contributed by atoms with Gasteiger partial charge in [-0.2, -0.15) is 0 Å². The van der Waals surface area contributed by atoms with Crippen LogP contribution in [0.2, 0.25) is 0 Å². The average molecular weight is 407 g/mol. The first-order valence-corrected chi connectivity index (χ1v) is 10.9. The molecule has 0 bridgehead atoms. The number of nitrogens with zero attached hydrogens (tertiary/aromatic N) is 1. The van der Waals surface area contributed by atoms with E-state index in [2.05, 4.69) is 65.7 Å². The first kappa shape index (κ1) is 19.8. The third-order valence-corrected chi connectivity index (χ3v) is 6.10. The zero-order valence-electron chi connectivity index (χ0n) is 16.7. The summed E-state index contributed by atoms with van der Waals surface area (Å²) < 4.78 is 5.42. The van der Waals surface area contributed by atoms with Gasteiger partial charge in [0.2, 0.25) is 0 Å². The van der Waals surface area contributed by atoms with Gasteiger partial charge in [0.05, 0.1) is 18.1 Å². The molecule has 1 aliphatic rings. The monoisotopic (exact) mass is 406 g/mol. The summed E-state index contributed by atoms with van der Waals surface area (Å²) in [6, 6.07) is 18.8. The Morgan fingerprint density at radius 3 is 2.62 bits per heavy atom. The van der Waals surface area contributed by atoms with Crippen molar-refractivity contribution in [2.24, 2.45) is 0 Å². The van der Waals surface area contributed by atoms with Crippen molar-refractivity contribution in [2.45, 2.75) is 20.0 Å². The maximum atomic E-state index is 12.8. The minimum absolute atomic E-state index is 0.0193. The molecule has 1 aliphatic heterocycles. The number of amides is 1. The molecule has 0 aliphatic carbocycles. The van der Waals surface area contributed by atoms with Gasteiger partial charge in [0.15, 0.2) is 0 Å².